The molecular weight excluding hydrogens is 769 g/mol. The molecular formula is C43H47Cl2N5O7. The molecule has 0 spiro atoms. The van der Waals surface area contributed by atoms with Crippen molar-refractivity contribution in [1.29, 1.82) is 5.26 Å². The topological polar surface area (TPSA) is 166 Å². The third-order valence-electron chi connectivity index (χ3n) is 10.5. The largest absolute Gasteiger partial charge is 0.492 e. The van der Waals surface area contributed by atoms with Gasteiger partial charge in [0.15, 0.2) is 0 Å². The highest BCUT2D eigenvalue weighted by Crippen LogP contribution is 2.45. The fraction of sp³-hybridized carbons (Fsp3) is 0.395. The number of amides is 1. The number of hydrogen-bond donors (Lipinski definition) is 4. The number of aromatic nitrogens is 1. The van der Waals surface area contributed by atoms with Crippen LogP contribution in [0.2, 0.25) is 10.0 Å². The fourth-order valence-corrected chi connectivity index (χ4v) is 7.76. The molecule has 2 atom stereocenters. The molecule has 300 valence electrons. The molecule has 4 N–H and O–H groups in total. The average Bonchev–Trinajstić information content (AvgIpc) is 3.62. The number of benzene rings is 3. The maximum absolute atomic E-state index is 11.9. The Labute approximate surface area is 342 Å². The molecule has 4 aromatic rings. The van der Waals surface area contributed by atoms with Gasteiger partial charge in [-0.1, -0.05) is 53.5 Å². The number of aliphatic carboxylic acids is 1. The van der Waals surface area contributed by atoms with Gasteiger partial charge < -0.3 is 34.6 Å². The second kappa shape index (κ2) is 19.0. The Bertz CT molecular complexity index is 2120. The van der Waals surface area contributed by atoms with Gasteiger partial charge >= 0.3 is 5.97 Å². The first-order chi connectivity index (χ1) is 27.5. The summed E-state index contributed by atoms with van der Waals surface area (Å²) in [7, 11) is 0. The number of carboxylic acid groups (broad SMARTS) is 1. The van der Waals surface area contributed by atoms with E-state index in [1.807, 2.05) is 30.3 Å². The second-order valence-electron chi connectivity index (χ2n) is 14.7. The Morgan fingerprint density at radius 3 is 2.53 bits per heavy atom. The summed E-state index contributed by atoms with van der Waals surface area (Å²) in [4.78, 5) is 29.8. The van der Waals surface area contributed by atoms with E-state index in [-0.39, 0.29) is 31.2 Å². The van der Waals surface area contributed by atoms with E-state index in [9.17, 15) is 25.1 Å². The zero-order chi connectivity index (χ0) is 40.5. The molecule has 0 radical (unpaired) electrons. The molecule has 0 bridgehead atoms. The smallest absolute Gasteiger partial charge is 0.326 e. The molecule has 1 amide bonds. The van der Waals surface area contributed by atoms with Gasteiger partial charge in [0.05, 0.1) is 28.8 Å². The van der Waals surface area contributed by atoms with Gasteiger partial charge in [0.2, 0.25) is 5.91 Å². The van der Waals surface area contributed by atoms with Gasteiger partial charge in [-0.2, -0.15) is 5.26 Å². The van der Waals surface area contributed by atoms with E-state index in [2.05, 4.69) is 32.7 Å². The van der Waals surface area contributed by atoms with Gasteiger partial charge in [-0.25, -0.2) is 0 Å². The average molecular weight is 817 g/mol. The van der Waals surface area contributed by atoms with Gasteiger partial charge in [-0.15, -0.1) is 0 Å². The minimum Gasteiger partial charge on any atom is -0.492 e. The minimum atomic E-state index is -1.60. The van der Waals surface area contributed by atoms with Crippen LogP contribution in [-0.4, -0.2) is 76.4 Å². The zero-order valence-corrected chi connectivity index (χ0v) is 33.5. The van der Waals surface area contributed by atoms with Gasteiger partial charge in [0, 0.05) is 74.3 Å². The van der Waals surface area contributed by atoms with Gasteiger partial charge in [-0.3, -0.25) is 19.9 Å². The monoisotopic (exact) mass is 815 g/mol. The number of nitrogens with one attached hydrogen (secondary N) is 2. The van der Waals surface area contributed by atoms with E-state index in [0.29, 0.717) is 57.0 Å². The van der Waals surface area contributed by atoms with Crippen molar-refractivity contribution in [2.24, 2.45) is 0 Å². The summed E-state index contributed by atoms with van der Waals surface area (Å²) in [6.07, 6.45) is 6.94. The van der Waals surface area contributed by atoms with Crippen LogP contribution in [0, 0.1) is 11.3 Å². The van der Waals surface area contributed by atoms with Crippen LogP contribution in [0.25, 0.3) is 11.1 Å². The number of nitriles is 1. The summed E-state index contributed by atoms with van der Waals surface area (Å²) in [6, 6.07) is 19.3. The Morgan fingerprint density at radius 2 is 1.79 bits per heavy atom. The lowest BCUT2D eigenvalue weighted by Gasteiger charge is -2.32. The lowest BCUT2D eigenvalue weighted by atomic mass is 9.96. The van der Waals surface area contributed by atoms with Gasteiger partial charge in [0.25, 0.3) is 0 Å². The first kappa shape index (κ1) is 41.7. The molecule has 1 aliphatic carbocycles. The van der Waals surface area contributed by atoms with Crippen LogP contribution in [0.15, 0.2) is 67.0 Å². The molecule has 1 saturated heterocycles. The van der Waals surface area contributed by atoms with Crippen LogP contribution in [0.1, 0.15) is 73.5 Å². The highest BCUT2D eigenvalue weighted by Gasteiger charge is 2.33. The number of likely N-dealkylation sites (tertiary alicyclic amines) is 1. The third-order valence-corrected chi connectivity index (χ3v) is 11.2. The number of nitrogens with zero attached hydrogens (tertiary/aromatic N) is 3. The highest BCUT2D eigenvalue weighted by molar-refractivity contribution is 6.35. The van der Waals surface area contributed by atoms with Crippen LogP contribution >= 0.6 is 23.2 Å². The number of carbonyl (C=O) groups excluding carboxylic acids is 1. The lowest BCUT2D eigenvalue weighted by molar-refractivity contribution is -0.146. The summed E-state index contributed by atoms with van der Waals surface area (Å²) in [6.45, 7) is 5.77. The summed E-state index contributed by atoms with van der Waals surface area (Å²) in [5, 5.41) is 35.6. The molecule has 1 aliphatic heterocycles. The summed E-state index contributed by atoms with van der Waals surface area (Å²) in [5.41, 5.74) is 4.03. The van der Waals surface area contributed by atoms with Gasteiger partial charge in [-0.05, 0) is 73.9 Å². The maximum atomic E-state index is 11.9. The van der Waals surface area contributed by atoms with E-state index in [1.54, 1.807) is 31.3 Å². The number of carboxylic acids is 1. The number of hydrogen-bond acceptors (Lipinski definition) is 10. The number of ether oxygens (including phenoxy) is 3. The number of aliphatic hydroxyl groups is 1. The van der Waals surface area contributed by atoms with Crippen LogP contribution in [-0.2, 0) is 29.2 Å². The van der Waals surface area contributed by atoms with Crippen LogP contribution in [0.5, 0.6) is 17.2 Å². The van der Waals surface area contributed by atoms with Gasteiger partial charge in [0.1, 0.15) is 41.6 Å². The molecule has 2 aliphatic rings. The number of piperidine rings is 1. The molecule has 6 rings (SSSR count). The van der Waals surface area contributed by atoms with Crippen LogP contribution in [0.4, 0.5) is 0 Å². The number of rotatable bonds is 17. The molecule has 14 heteroatoms. The number of fused-ring (bicyclic) bond motifs is 1. The highest BCUT2D eigenvalue weighted by atomic mass is 35.5. The zero-order valence-electron chi connectivity index (χ0n) is 32.0. The Kier molecular flexibility index (Phi) is 13.9. The maximum Gasteiger partial charge on any atom is 0.326 e. The second-order valence-corrected chi connectivity index (χ2v) is 15.5. The molecule has 2 unspecified atom stereocenters. The molecule has 12 nitrogen and oxygen atoms in total. The summed E-state index contributed by atoms with van der Waals surface area (Å²) >= 11 is 13.8. The molecule has 0 saturated carbocycles. The lowest BCUT2D eigenvalue weighted by Crippen LogP contribution is -2.52. The quantitative estimate of drug-likeness (QED) is 0.0823. The first-order valence-corrected chi connectivity index (χ1v) is 19.8. The van der Waals surface area contributed by atoms with Crippen LogP contribution in [0.3, 0.4) is 0 Å². The fourth-order valence-electron chi connectivity index (χ4n) is 7.25. The van der Waals surface area contributed by atoms with E-state index < -0.39 is 18.1 Å². The minimum absolute atomic E-state index is 0.0221. The van der Waals surface area contributed by atoms with Crippen molar-refractivity contribution >= 4 is 35.1 Å². The normalized spacial score (nSPS) is 16.6. The van der Waals surface area contributed by atoms with E-state index in [1.165, 1.54) is 13.1 Å². The number of aliphatic hydroxyl groups excluding tert-OH is 1. The predicted molar refractivity (Wildman–Crippen MR) is 217 cm³/mol. The Hall–Kier alpha value is -4.90. The molecule has 2 heterocycles. The summed E-state index contributed by atoms with van der Waals surface area (Å²) in [5.74, 6) is 0.223. The molecule has 57 heavy (non-hydrogen) atoms. The first-order valence-electron chi connectivity index (χ1n) is 19.1. The van der Waals surface area contributed by atoms with E-state index >= 15 is 0 Å². The number of halogens is 2. The van der Waals surface area contributed by atoms with Crippen molar-refractivity contribution in [2.75, 3.05) is 32.8 Å². The van der Waals surface area contributed by atoms with Crippen molar-refractivity contribution < 1.29 is 34.0 Å². The van der Waals surface area contributed by atoms with E-state index in [4.69, 9.17) is 37.4 Å². The van der Waals surface area contributed by atoms with Crippen molar-refractivity contribution in [3.8, 4) is 34.4 Å². The van der Waals surface area contributed by atoms with Crippen molar-refractivity contribution in [2.45, 2.75) is 76.8 Å². The Morgan fingerprint density at radius 1 is 1.02 bits per heavy atom. The SMILES string of the molecule is CC(=O)NC1CCN(CCCOc2cccc(-c3cccc4c3CCC4Oc3cc(OCc4cncc(C#N)c4)c(CNC(C)(CO)C(=O)O)cc3Cl)c2Cl)CC1. The number of pyridine rings is 1. The van der Waals surface area contributed by atoms with Crippen molar-refractivity contribution in [3.63, 3.8) is 0 Å². The predicted octanol–water partition coefficient (Wildman–Crippen LogP) is 6.87. The molecule has 1 aromatic heterocycles. The molecule has 3 aromatic carbocycles. The third kappa shape index (κ3) is 10.3. The van der Waals surface area contributed by atoms with Crippen molar-refractivity contribution in [3.05, 3.63) is 105 Å². The number of carbonyl (C=O) groups is 2. The van der Waals surface area contributed by atoms with Crippen molar-refractivity contribution in [1.82, 2.24) is 20.5 Å². The Balaban J connectivity index is 1.16. The summed E-state index contributed by atoms with van der Waals surface area (Å²) < 4.78 is 19.0. The van der Waals surface area contributed by atoms with Crippen LogP contribution < -0.4 is 24.8 Å². The standard InChI is InChI=1S/C43H47Cl2N5O7/c1-27(52)49-31-12-15-50(16-13-31)14-5-17-55-38-9-4-8-35(41(38)45)32-6-3-7-34-33(32)10-11-37(34)57-40-20-39(56-25-29-18-28(21-46)22-47-23-29)30(19-36(40)44)24-48-43(2,26-51)42(53)54/h3-4,6-9,18-20,22-23,31,37,48,51H,5,10-17,24-26H2,1-2H3,(H,49,52)(H,53,54). The van der Waals surface area contributed by atoms with E-state index in [0.717, 1.165) is 67.6 Å². The molecule has 1 fully saturated rings.